The molecule has 1 atom stereocenters. The van der Waals surface area contributed by atoms with E-state index in [0.29, 0.717) is 27.8 Å². The minimum atomic E-state index is -0.748. The Morgan fingerprint density at radius 2 is 1.78 bits per heavy atom. The van der Waals surface area contributed by atoms with Crippen molar-refractivity contribution in [2.45, 2.75) is 47.1 Å². The summed E-state index contributed by atoms with van der Waals surface area (Å²) in [5, 5.41) is 0. The Labute approximate surface area is 160 Å². The van der Waals surface area contributed by atoms with Crippen LogP contribution in [0.1, 0.15) is 43.9 Å². The number of nitrogens with two attached hydrogens (primary N) is 1. The van der Waals surface area contributed by atoms with Crippen LogP contribution in [0, 0.1) is 12.8 Å². The molecular weight excluding hydrogens is 349 g/mol. The molecule has 0 fully saturated rings. The summed E-state index contributed by atoms with van der Waals surface area (Å²) >= 11 is 0. The van der Waals surface area contributed by atoms with Crippen molar-refractivity contribution in [3.8, 4) is 0 Å². The Morgan fingerprint density at radius 1 is 1.15 bits per heavy atom. The molecule has 0 aliphatic carbocycles. The number of benzene rings is 1. The minimum absolute atomic E-state index is 0.00404. The molecule has 2 radical (unpaired) electrons. The third kappa shape index (κ3) is 6.62. The van der Waals surface area contributed by atoms with E-state index in [1.807, 2.05) is 0 Å². The van der Waals surface area contributed by atoms with Crippen LogP contribution in [0.2, 0.25) is 0 Å². The molecule has 1 aromatic rings. The summed E-state index contributed by atoms with van der Waals surface area (Å²) in [5.41, 5.74) is 8.73. The van der Waals surface area contributed by atoms with Crippen molar-refractivity contribution in [3.63, 3.8) is 0 Å². The van der Waals surface area contributed by atoms with Crippen molar-refractivity contribution < 1.29 is 28.6 Å². The normalized spacial score (nSPS) is 11.6. The number of carbonyl (C=O) groups excluding carboxylic acids is 3. The SMILES string of the molecule is [B]c1cc(C[C@@H](CC(=O)OCC)C(=O)OCC)c(COC(C)=O)c(C)c1N. The number of ether oxygens (including phenoxy) is 3. The van der Waals surface area contributed by atoms with Crippen molar-refractivity contribution in [2.75, 3.05) is 18.9 Å². The molecule has 146 valence electrons. The van der Waals surface area contributed by atoms with E-state index in [2.05, 4.69) is 0 Å². The van der Waals surface area contributed by atoms with Crippen molar-refractivity contribution >= 4 is 36.9 Å². The standard InChI is InChI=1S/C19H26BNO6/c1-5-25-17(23)9-14(19(24)26-6-2)7-13-8-16(20)18(21)11(3)15(13)10-27-12(4)22/h8,14H,5-7,9-10,21H2,1-4H3/t14-/m0/s1. The van der Waals surface area contributed by atoms with E-state index >= 15 is 0 Å². The number of carbonyl (C=O) groups is 3. The lowest BCUT2D eigenvalue weighted by Gasteiger charge is -2.20. The first kappa shape index (κ1) is 22.5. The highest BCUT2D eigenvalue weighted by Crippen LogP contribution is 2.24. The van der Waals surface area contributed by atoms with Crippen LogP contribution >= 0.6 is 0 Å². The Balaban J connectivity index is 3.22. The maximum absolute atomic E-state index is 12.3. The molecule has 0 bridgehead atoms. The molecule has 1 aromatic carbocycles. The molecule has 8 heteroatoms. The van der Waals surface area contributed by atoms with Crippen molar-refractivity contribution in [1.82, 2.24) is 0 Å². The van der Waals surface area contributed by atoms with Crippen molar-refractivity contribution in [1.29, 1.82) is 0 Å². The fourth-order valence-electron chi connectivity index (χ4n) is 2.71. The van der Waals surface area contributed by atoms with Gasteiger partial charge in [-0.05, 0) is 43.9 Å². The predicted molar refractivity (Wildman–Crippen MR) is 102 cm³/mol. The molecule has 0 amide bonds. The van der Waals surface area contributed by atoms with Crippen LogP contribution in [0.4, 0.5) is 5.69 Å². The Hall–Kier alpha value is -2.51. The zero-order valence-corrected chi connectivity index (χ0v) is 16.3. The predicted octanol–water partition coefficient (Wildman–Crippen LogP) is 1.11. The summed E-state index contributed by atoms with van der Waals surface area (Å²) in [6.07, 6.45) is 0.0581. The Morgan fingerprint density at radius 3 is 2.33 bits per heavy atom. The van der Waals surface area contributed by atoms with Crippen LogP contribution in [0.3, 0.4) is 0 Å². The average Bonchev–Trinajstić information content (AvgIpc) is 2.59. The lowest BCUT2D eigenvalue weighted by atomic mass is 9.83. The highest BCUT2D eigenvalue weighted by Gasteiger charge is 2.26. The van der Waals surface area contributed by atoms with E-state index in [4.69, 9.17) is 27.8 Å². The highest BCUT2D eigenvalue weighted by molar-refractivity contribution is 6.36. The number of nitrogen functional groups attached to an aromatic ring is 1. The Kier molecular flexibility index (Phi) is 8.84. The first-order valence-electron chi connectivity index (χ1n) is 8.83. The lowest BCUT2D eigenvalue weighted by molar-refractivity contribution is -0.154. The van der Waals surface area contributed by atoms with Crippen LogP contribution < -0.4 is 11.2 Å². The van der Waals surface area contributed by atoms with Crippen molar-refractivity contribution in [3.05, 3.63) is 22.8 Å². The molecule has 0 heterocycles. The van der Waals surface area contributed by atoms with Gasteiger partial charge in [0.25, 0.3) is 0 Å². The molecule has 7 nitrogen and oxygen atoms in total. The summed E-state index contributed by atoms with van der Waals surface area (Å²) in [6, 6.07) is 1.64. The zero-order valence-electron chi connectivity index (χ0n) is 16.3. The van der Waals surface area contributed by atoms with E-state index in [-0.39, 0.29) is 32.7 Å². The second-order valence-corrected chi connectivity index (χ2v) is 6.08. The number of hydrogen-bond donors (Lipinski definition) is 1. The highest BCUT2D eigenvalue weighted by atomic mass is 16.5. The Bertz CT molecular complexity index is 704. The minimum Gasteiger partial charge on any atom is -0.466 e. The number of esters is 3. The molecule has 0 saturated carbocycles. The van der Waals surface area contributed by atoms with Gasteiger partial charge < -0.3 is 19.9 Å². The third-order valence-corrected chi connectivity index (χ3v) is 4.11. The molecule has 0 spiro atoms. The molecular formula is C19H26BNO6. The van der Waals surface area contributed by atoms with Gasteiger partial charge in [-0.15, -0.1) is 0 Å². The fraction of sp³-hybridized carbons (Fsp3) is 0.526. The molecule has 0 aliphatic rings. The molecule has 27 heavy (non-hydrogen) atoms. The molecule has 1 rings (SSSR count). The van der Waals surface area contributed by atoms with E-state index < -0.39 is 23.8 Å². The first-order chi connectivity index (χ1) is 12.7. The largest absolute Gasteiger partial charge is 0.466 e. The van der Waals surface area contributed by atoms with Crippen LogP contribution in [0.15, 0.2) is 6.07 Å². The molecule has 0 saturated heterocycles. The second kappa shape index (κ2) is 10.6. The second-order valence-electron chi connectivity index (χ2n) is 6.08. The monoisotopic (exact) mass is 375 g/mol. The zero-order chi connectivity index (χ0) is 20.6. The van der Waals surface area contributed by atoms with Gasteiger partial charge >= 0.3 is 17.9 Å². The van der Waals surface area contributed by atoms with Gasteiger partial charge in [0.05, 0.1) is 25.6 Å². The summed E-state index contributed by atoms with van der Waals surface area (Å²) < 4.78 is 15.2. The molecule has 0 aliphatic heterocycles. The van der Waals surface area contributed by atoms with Crippen LogP contribution in [0.25, 0.3) is 0 Å². The van der Waals surface area contributed by atoms with Crippen molar-refractivity contribution in [2.24, 2.45) is 5.92 Å². The van der Waals surface area contributed by atoms with Gasteiger partial charge in [-0.3, -0.25) is 14.4 Å². The lowest BCUT2D eigenvalue weighted by Crippen LogP contribution is -2.26. The molecule has 0 aromatic heterocycles. The third-order valence-electron chi connectivity index (χ3n) is 4.11. The summed E-state index contributed by atoms with van der Waals surface area (Å²) in [6.45, 7) is 6.86. The molecule has 0 unspecified atom stereocenters. The summed E-state index contributed by atoms with van der Waals surface area (Å²) in [7, 11) is 5.97. The maximum Gasteiger partial charge on any atom is 0.309 e. The fourth-order valence-corrected chi connectivity index (χ4v) is 2.71. The summed E-state index contributed by atoms with van der Waals surface area (Å²) in [5.74, 6) is -2.18. The maximum atomic E-state index is 12.3. The number of rotatable bonds is 9. The molecule has 2 N–H and O–H groups in total. The van der Waals surface area contributed by atoms with Gasteiger partial charge in [0.2, 0.25) is 0 Å². The quantitative estimate of drug-likeness (QED) is 0.298. The number of anilines is 1. The number of hydrogen-bond acceptors (Lipinski definition) is 7. The topological polar surface area (TPSA) is 105 Å². The van der Waals surface area contributed by atoms with Crippen LogP contribution in [-0.4, -0.2) is 39.0 Å². The van der Waals surface area contributed by atoms with Gasteiger partial charge in [-0.25, -0.2) is 0 Å². The van der Waals surface area contributed by atoms with Crippen LogP contribution in [-0.2, 0) is 41.6 Å². The average molecular weight is 375 g/mol. The van der Waals surface area contributed by atoms with Gasteiger partial charge in [0.1, 0.15) is 14.5 Å². The van der Waals surface area contributed by atoms with Gasteiger partial charge in [0, 0.05) is 12.6 Å². The smallest absolute Gasteiger partial charge is 0.309 e. The first-order valence-corrected chi connectivity index (χ1v) is 8.83. The van der Waals surface area contributed by atoms with Gasteiger partial charge in [-0.2, -0.15) is 0 Å². The van der Waals surface area contributed by atoms with Gasteiger partial charge in [-0.1, -0.05) is 11.5 Å². The van der Waals surface area contributed by atoms with E-state index in [1.165, 1.54) is 6.92 Å². The van der Waals surface area contributed by atoms with E-state index in [0.717, 1.165) is 0 Å². The van der Waals surface area contributed by atoms with E-state index in [9.17, 15) is 14.4 Å². The van der Waals surface area contributed by atoms with E-state index in [1.54, 1.807) is 26.8 Å². The van der Waals surface area contributed by atoms with Gasteiger partial charge in [0.15, 0.2) is 0 Å². The van der Waals surface area contributed by atoms with Crippen LogP contribution in [0.5, 0.6) is 0 Å². The summed E-state index contributed by atoms with van der Waals surface area (Å²) in [4.78, 5) is 35.4.